The second-order valence-corrected chi connectivity index (χ2v) is 5.99. The number of likely N-dealkylation sites (N-methyl/N-ethyl adjacent to an activating group) is 1. The van der Waals surface area contributed by atoms with E-state index in [-0.39, 0.29) is 24.6 Å². The van der Waals surface area contributed by atoms with E-state index in [9.17, 15) is 9.59 Å². The molecule has 1 atom stereocenters. The van der Waals surface area contributed by atoms with Gasteiger partial charge in [-0.2, -0.15) is 0 Å². The minimum absolute atomic E-state index is 0.104. The van der Waals surface area contributed by atoms with Crippen LogP contribution in [0.15, 0.2) is 30.3 Å². The van der Waals surface area contributed by atoms with Gasteiger partial charge in [0.25, 0.3) is 0 Å². The predicted octanol–water partition coefficient (Wildman–Crippen LogP) is 1.42. The molecule has 0 radical (unpaired) electrons. The van der Waals surface area contributed by atoms with Crippen molar-refractivity contribution >= 4 is 12.0 Å². The largest absolute Gasteiger partial charge is 0.445 e. The molecule has 2 amide bonds. The Labute approximate surface area is 137 Å². The summed E-state index contributed by atoms with van der Waals surface area (Å²) in [5, 5.41) is 0. The van der Waals surface area contributed by atoms with Crippen molar-refractivity contribution in [3.8, 4) is 0 Å². The number of nitrogens with zero attached hydrogens (tertiary/aromatic N) is 3. The van der Waals surface area contributed by atoms with Gasteiger partial charge in [-0.05, 0) is 26.6 Å². The molecule has 1 aromatic rings. The fourth-order valence-corrected chi connectivity index (χ4v) is 2.41. The summed E-state index contributed by atoms with van der Waals surface area (Å²) < 4.78 is 5.32. The molecule has 2 rings (SSSR count). The lowest BCUT2D eigenvalue weighted by Gasteiger charge is -2.36. The number of piperazine rings is 1. The lowest BCUT2D eigenvalue weighted by atomic mass is 10.2. The SMILES string of the molecule is CC(C(=O)N1CCN(C(=O)OCc2ccccc2)CC1)N(C)C. The van der Waals surface area contributed by atoms with E-state index >= 15 is 0 Å². The quantitative estimate of drug-likeness (QED) is 0.842. The second kappa shape index (κ2) is 7.97. The summed E-state index contributed by atoms with van der Waals surface area (Å²) in [6.45, 7) is 4.30. The highest BCUT2D eigenvalue weighted by Crippen LogP contribution is 2.09. The Morgan fingerprint density at radius 3 is 2.22 bits per heavy atom. The first kappa shape index (κ1) is 17.3. The van der Waals surface area contributed by atoms with Gasteiger partial charge in [0.15, 0.2) is 0 Å². The maximum atomic E-state index is 12.3. The van der Waals surface area contributed by atoms with Crippen LogP contribution in [0, 0.1) is 0 Å². The average molecular weight is 319 g/mol. The van der Waals surface area contributed by atoms with Gasteiger partial charge in [-0.15, -0.1) is 0 Å². The maximum Gasteiger partial charge on any atom is 0.410 e. The van der Waals surface area contributed by atoms with Crippen molar-refractivity contribution in [3.05, 3.63) is 35.9 Å². The summed E-state index contributed by atoms with van der Waals surface area (Å²) in [4.78, 5) is 29.7. The average Bonchev–Trinajstić information content (AvgIpc) is 2.59. The van der Waals surface area contributed by atoms with Crippen LogP contribution >= 0.6 is 0 Å². The number of amides is 2. The second-order valence-electron chi connectivity index (χ2n) is 5.99. The van der Waals surface area contributed by atoms with Gasteiger partial charge in [0.1, 0.15) is 6.61 Å². The van der Waals surface area contributed by atoms with Crippen molar-refractivity contribution < 1.29 is 14.3 Å². The molecule has 1 saturated heterocycles. The molecule has 1 heterocycles. The van der Waals surface area contributed by atoms with Crippen molar-refractivity contribution in [1.82, 2.24) is 14.7 Å². The van der Waals surface area contributed by atoms with E-state index in [1.165, 1.54) is 0 Å². The summed E-state index contributed by atoms with van der Waals surface area (Å²) in [6, 6.07) is 9.46. The number of carbonyl (C=O) groups is 2. The van der Waals surface area contributed by atoms with Gasteiger partial charge in [-0.1, -0.05) is 30.3 Å². The van der Waals surface area contributed by atoms with Gasteiger partial charge in [0.05, 0.1) is 6.04 Å². The summed E-state index contributed by atoms with van der Waals surface area (Å²) in [5.74, 6) is 0.104. The Bertz CT molecular complexity index is 525. The highest BCUT2D eigenvalue weighted by Gasteiger charge is 2.28. The molecule has 0 spiro atoms. The van der Waals surface area contributed by atoms with Gasteiger partial charge < -0.3 is 14.5 Å². The minimum atomic E-state index is -0.318. The molecule has 1 aliphatic heterocycles. The van der Waals surface area contributed by atoms with Crippen LogP contribution in [0.2, 0.25) is 0 Å². The molecule has 0 aliphatic carbocycles. The molecule has 6 nitrogen and oxygen atoms in total. The molecule has 0 saturated carbocycles. The summed E-state index contributed by atoms with van der Waals surface area (Å²) in [7, 11) is 3.78. The molecule has 1 unspecified atom stereocenters. The van der Waals surface area contributed by atoms with E-state index in [0.29, 0.717) is 26.2 Å². The first-order chi connectivity index (χ1) is 11.0. The lowest BCUT2D eigenvalue weighted by molar-refractivity contribution is -0.137. The Hall–Kier alpha value is -2.08. The first-order valence-corrected chi connectivity index (χ1v) is 7.90. The highest BCUT2D eigenvalue weighted by atomic mass is 16.6. The van der Waals surface area contributed by atoms with Crippen molar-refractivity contribution in [2.75, 3.05) is 40.3 Å². The van der Waals surface area contributed by atoms with Crippen LogP contribution in [0.1, 0.15) is 12.5 Å². The number of rotatable bonds is 4. The zero-order valence-corrected chi connectivity index (χ0v) is 14.1. The zero-order valence-electron chi connectivity index (χ0n) is 14.1. The van der Waals surface area contributed by atoms with Crippen molar-refractivity contribution in [1.29, 1.82) is 0 Å². The number of hydrogen-bond donors (Lipinski definition) is 0. The van der Waals surface area contributed by atoms with Gasteiger partial charge in [-0.25, -0.2) is 4.79 Å². The van der Waals surface area contributed by atoms with Crippen LogP contribution < -0.4 is 0 Å². The fourth-order valence-electron chi connectivity index (χ4n) is 2.41. The van der Waals surface area contributed by atoms with E-state index in [4.69, 9.17) is 4.74 Å². The Morgan fingerprint density at radius 1 is 1.09 bits per heavy atom. The molecular weight excluding hydrogens is 294 g/mol. The molecule has 23 heavy (non-hydrogen) atoms. The molecule has 1 aliphatic rings. The topological polar surface area (TPSA) is 53.1 Å². The number of ether oxygens (including phenoxy) is 1. The van der Waals surface area contributed by atoms with Crippen LogP contribution in [0.5, 0.6) is 0 Å². The standard InChI is InChI=1S/C17H25N3O3/c1-14(18(2)3)16(21)19-9-11-20(12-10-19)17(22)23-13-15-7-5-4-6-8-15/h4-8,14H,9-13H2,1-3H3. The van der Waals surface area contributed by atoms with Gasteiger partial charge in [0, 0.05) is 26.2 Å². The molecule has 1 fully saturated rings. The molecule has 6 heteroatoms. The van der Waals surface area contributed by atoms with Gasteiger partial charge >= 0.3 is 6.09 Å². The van der Waals surface area contributed by atoms with Crippen LogP contribution in [0.4, 0.5) is 4.79 Å². The van der Waals surface area contributed by atoms with Crippen molar-refractivity contribution in [2.45, 2.75) is 19.6 Å². The van der Waals surface area contributed by atoms with Crippen LogP contribution in [0.3, 0.4) is 0 Å². The minimum Gasteiger partial charge on any atom is -0.445 e. The summed E-state index contributed by atoms with van der Waals surface area (Å²) >= 11 is 0. The Morgan fingerprint density at radius 2 is 1.65 bits per heavy atom. The fraction of sp³-hybridized carbons (Fsp3) is 0.529. The van der Waals surface area contributed by atoms with E-state index < -0.39 is 0 Å². The lowest BCUT2D eigenvalue weighted by Crippen LogP contribution is -2.54. The molecular formula is C17H25N3O3. The zero-order chi connectivity index (χ0) is 16.8. The smallest absolute Gasteiger partial charge is 0.410 e. The number of benzene rings is 1. The number of carbonyl (C=O) groups excluding carboxylic acids is 2. The van der Waals surface area contributed by atoms with E-state index in [1.54, 1.807) is 4.90 Å². The molecule has 126 valence electrons. The van der Waals surface area contributed by atoms with Crippen molar-refractivity contribution in [3.63, 3.8) is 0 Å². The van der Waals surface area contributed by atoms with Gasteiger partial charge in [-0.3, -0.25) is 9.69 Å². The normalized spacial score (nSPS) is 16.3. The van der Waals surface area contributed by atoms with Crippen LogP contribution in [-0.2, 0) is 16.1 Å². The predicted molar refractivity (Wildman–Crippen MR) is 87.9 cm³/mol. The highest BCUT2D eigenvalue weighted by molar-refractivity contribution is 5.81. The monoisotopic (exact) mass is 319 g/mol. The first-order valence-electron chi connectivity index (χ1n) is 7.90. The number of hydrogen-bond acceptors (Lipinski definition) is 4. The molecule has 0 N–H and O–H groups in total. The third-order valence-corrected chi connectivity index (χ3v) is 4.19. The van der Waals surface area contributed by atoms with Crippen molar-refractivity contribution in [2.24, 2.45) is 0 Å². The summed E-state index contributed by atoms with van der Waals surface area (Å²) in [5.41, 5.74) is 0.967. The molecule has 0 bridgehead atoms. The molecule has 1 aromatic carbocycles. The Kier molecular flexibility index (Phi) is 5.98. The van der Waals surface area contributed by atoms with E-state index in [1.807, 2.05) is 61.2 Å². The third kappa shape index (κ3) is 4.69. The van der Waals surface area contributed by atoms with Gasteiger partial charge in [0.2, 0.25) is 5.91 Å². The summed E-state index contributed by atoms with van der Waals surface area (Å²) in [6.07, 6.45) is -0.318. The van der Waals surface area contributed by atoms with Crippen LogP contribution in [0.25, 0.3) is 0 Å². The van der Waals surface area contributed by atoms with E-state index in [0.717, 1.165) is 5.56 Å². The third-order valence-electron chi connectivity index (χ3n) is 4.19. The van der Waals surface area contributed by atoms with E-state index in [2.05, 4.69) is 0 Å². The van der Waals surface area contributed by atoms with Crippen LogP contribution in [-0.4, -0.2) is 73.0 Å². The molecule has 0 aromatic heterocycles. The Balaban J connectivity index is 1.77. The maximum absolute atomic E-state index is 12.3.